The molecule has 1 N–H and O–H groups in total. The molecule has 9 heteroatoms. The van der Waals surface area contributed by atoms with Gasteiger partial charge in [0, 0.05) is 18.8 Å². The molecule has 2 aliphatic rings. The van der Waals surface area contributed by atoms with Crippen molar-refractivity contribution in [3.63, 3.8) is 0 Å². The van der Waals surface area contributed by atoms with Crippen molar-refractivity contribution in [2.75, 3.05) is 26.7 Å². The summed E-state index contributed by atoms with van der Waals surface area (Å²) in [5, 5.41) is 4.41. The Morgan fingerprint density at radius 3 is 2.54 bits per heavy atom. The summed E-state index contributed by atoms with van der Waals surface area (Å²) in [7, 11) is 1.87. The summed E-state index contributed by atoms with van der Waals surface area (Å²) in [4.78, 5) is 54.2. The molecule has 3 amide bonds. The fraction of sp³-hybridized carbons (Fsp3) is 0.615. The van der Waals surface area contributed by atoms with E-state index in [4.69, 9.17) is 4.84 Å². The summed E-state index contributed by atoms with van der Waals surface area (Å²) in [5.74, 6) is -0.256. The predicted molar refractivity (Wildman–Crippen MR) is 133 cm³/mol. The monoisotopic (exact) mass is 485 g/mol. The van der Waals surface area contributed by atoms with E-state index in [0.717, 1.165) is 13.0 Å². The van der Waals surface area contributed by atoms with Gasteiger partial charge in [0.2, 0.25) is 5.91 Å². The summed E-state index contributed by atoms with van der Waals surface area (Å²) < 4.78 is 0. The Labute approximate surface area is 208 Å². The van der Waals surface area contributed by atoms with E-state index < -0.39 is 18.3 Å². The largest absolute Gasteiger partial charge is 0.337 e. The minimum Gasteiger partial charge on any atom is -0.337 e. The fourth-order valence-electron chi connectivity index (χ4n) is 4.60. The van der Waals surface area contributed by atoms with Gasteiger partial charge in [0.1, 0.15) is 6.04 Å². The summed E-state index contributed by atoms with van der Waals surface area (Å²) in [6, 6.07) is 4.84. The number of aromatic nitrogens is 1. The number of fused-ring (bicyclic) bond motifs is 1. The second-order valence-corrected chi connectivity index (χ2v) is 10.1. The van der Waals surface area contributed by atoms with E-state index in [1.807, 2.05) is 46.9 Å². The lowest BCUT2D eigenvalue weighted by molar-refractivity contribution is -0.274. The van der Waals surface area contributed by atoms with Crippen LogP contribution in [0, 0.1) is 11.8 Å². The molecule has 0 saturated carbocycles. The molecule has 0 radical (unpaired) electrons. The molecule has 0 bridgehead atoms. The molecule has 3 rings (SSSR count). The highest BCUT2D eigenvalue weighted by Gasteiger charge is 2.52. The summed E-state index contributed by atoms with van der Waals surface area (Å²) in [6.45, 7) is 9.63. The van der Waals surface area contributed by atoms with Gasteiger partial charge >= 0.3 is 0 Å². The molecule has 0 aromatic carbocycles. The standard InChI is InChI=1S/C26H39N5O4/c1-18(2)15-21-25(33)29(14-8-12-27-5)17-23-30(21)26(34)22(16-19(3)4)35-31(23)24(32)11-10-20-9-6-7-13-28-20/h6-7,9-11,13,18-19,21-23,27H,8,12,14-17H2,1-5H3/b11-10+/t21-,22+,23-/m0/s1. The third-order valence-corrected chi connectivity index (χ3v) is 6.22. The second kappa shape index (κ2) is 12.3. The Morgan fingerprint density at radius 1 is 1.17 bits per heavy atom. The third-order valence-electron chi connectivity index (χ3n) is 6.22. The van der Waals surface area contributed by atoms with E-state index in [0.29, 0.717) is 25.1 Å². The van der Waals surface area contributed by atoms with Crippen molar-refractivity contribution in [3.8, 4) is 0 Å². The molecule has 1 aromatic rings. The van der Waals surface area contributed by atoms with Gasteiger partial charge in [0.15, 0.2) is 12.3 Å². The van der Waals surface area contributed by atoms with E-state index in [2.05, 4.69) is 10.3 Å². The molecule has 1 aromatic heterocycles. The van der Waals surface area contributed by atoms with E-state index in [9.17, 15) is 14.4 Å². The number of hydrogen-bond acceptors (Lipinski definition) is 6. The van der Waals surface area contributed by atoms with Gasteiger partial charge in [0.25, 0.3) is 11.8 Å². The van der Waals surface area contributed by atoms with Gasteiger partial charge in [-0.1, -0.05) is 33.8 Å². The first-order valence-corrected chi connectivity index (χ1v) is 12.6. The third kappa shape index (κ3) is 6.67. The first-order chi connectivity index (χ1) is 16.7. The van der Waals surface area contributed by atoms with Crippen LogP contribution < -0.4 is 5.32 Å². The lowest BCUT2D eigenvalue weighted by Crippen LogP contribution is -2.73. The smallest absolute Gasteiger partial charge is 0.272 e. The molecular weight excluding hydrogens is 446 g/mol. The minimum atomic E-state index is -0.809. The average Bonchev–Trinajstić information content (AvgIpc) is 2.82. The van der Waals surface area contributed by atoms with Crippen LogP contribution in [0.15, 0.2) is 30.5 Å². The van der Waals surface area contributed by atoms with Crippen molar-refractivity contribution < 1.29 is 19.2 Å². The Hall–Kier alpha value is -2.78. The molecule has 192 valence electrons. The Bertz CT molecular complexity index is 904. The number of amides is 3. The van der Waals surface area contributed by atoms with Crippen molar-refractivity contribution in [1.82, 2.24) is 25.2 Å². The molecule has 0 aliphatic carbocycles. The normalized spacial score (nSPS) is 23.1. The Morgan fingerprint density at radius 2 is 1.91 bits per heavy atom. The van der Waals surface area contributed by atoms with E-state index in [1.54, 1.807) is 28.1 Å². The molecule has 35 heavy (non-hydrogen) atoms. The quantitative estimate of drug-likeness (QED) is 0.404. The molecule has 2 saturated heterocycles. The highest BCUT2D eigenvalue weighted by Crippen LogP contribution is 2.32. The van der Waals surface area contributed by atoms with Gasteiger partial charge in [-0.3, -0.25) is 24.2 Å². The van der Waals surface area contributed by atoms with Crippen molar-refractivity contribution in [3.05, 3.63) is 36.2 Å². The number of rotatable bonds is 10. The fourth-order valence-corrected chi connectivity index (χ4v) is 4.60. The van der Waals surface area contributed by atoms with Gasteiger partial charge < -0.3 is 15.1 Å². The highest BCUT2D eigenvalue weighted by molar-refractivity contribution is 5.95. The number of hydrogen-bond donors (Lipinski definition) is 1. The van der Waals surface area contributed by atoms with Gasteiger partial charge in [0.05, 0.1) is 12.2 Å². The van der Waals surface area contributed by atoms with Crippen LogP contribution in [0.1, 0.15) is 52.7 Å². The zero-order valence-corrected chi connectivity index (χ0v) is 21.5. The van der Waals surface area contributed by atoms with Crippen LogP contribution in [0.5, 0.6) is 0 Å². The number of piperazine rings is 1. The Kier molecular flexibility index (Phi) is 9.40. The van der Waals surface area contributed by atoms with Crippen molar-refractivity contribution >= 4 is 23.8 Å². The molecular formula is C26H39N5O4. The number of nitrogens with one attached hydrogen (secondary N) is 1. The average molecular weight is 486 g/mol. The SMILES string of the molecule is CNCCCN1C[C@@H]2N(C(=O)/C=C/c3ccccn3)O[C@H](CC(C)C)C(=O)N2[C@@H](CC(C)C)C1=O. The first-order valence-electron chi connectivity index (χ1n) is 12.6. The Balaban J connectivity index is 1.94. The maximum absolute atomic E-state index is 13.6. The van der Waals surface area contributed by atoms with Gasteiger partial charge in [-0.05, 0) is 62.9 Å². The zero-order chi connectivity index (χ0) is 25.5. The molecule has 2 aliphatic heterocycles. The lowest BCUT2D eigenvalue weighted by atomic mass is 9.95. The van der Waals surface area contributed by atoms with Gasteiger partial charge in [-0.2, -0.15) is 5.06 Å². The molecule has 3 atom stereocenters. The van der Waals surface area contributed by atoms with Crippen LogP contribution in [-0.2, 0) is 19.2 Å². The molecule has 0 unspecified atom stereocenters. The van der Waals surface area contributed by atoms with Gasteiger partial charge in [-0.25, -0.2) is 0 Å². The first kappa shape index (κ1) is 26.8. The number of pyridine rings is 1. The van der Waals surface area contributed by atoms with Crippen molar-refractivity contribution in [2.45, 2.75) is 65.3 Å². The van der Waals surface area contributed by atoms with Gasteiger partial charge in [-0.15, -0.1) is 0 Å². The number of carbonyl (C=O) groups is 3. The van der Waals surface area contributed by atoms with Crippen LogP contribution in [0.3, 0.4) is 0 Å². The van der Waals surface area contributed by atoms with Crippen LogP contribution in [0.4, 0.5) is 0 Å². The molecule has 9 nitrogen and oxygen atoms in total. The summed E-state index contributed by atoms with van der Waals surface area (Å²) >= 11 is 0. The van der Waals surface area contributed by atoms with Crippen LogP contribution in [0.2, 0.25) is 0 Å². The molecule has 3 heterocycles. The maximum Gasteiger partial charge on any atom is 0.272 e. The summed E-state index contributed by atoms with van der Waals surface area (Å²) in [6.07, 6.45) is 5.00. The van der Waals surface area contributed by atoms with E-state index in [-0.39, 0.29) is 36.1 Å². The molecule has 2 fully saturated rings. The second-order valence-electron chi connectivity index (χ2n) is 10.1. The van der Waals surface area contributed by atoms with E-state index in [1.165, 1.54) is 11.1 Å². The van der Waals surface area contributed by atoms with Crippen molar-refractivity contribution in [2.24, 2.45) is 11.8 Å². The highest BCUT2D eigenvalue weighted by atomic mass is 16.7. The van der Waals surface area contributed by atoms with E-state index >= 15 is 0 Å². The topological polar surface area (TPSA) is 95.1 Å². The predicted octanol–water partition coefficient (Wildman–Crippen LogP) is 2.30. The van der Waals surface area contributed by atoms with Crippen LogP contribution in [0.25, 0.3) is 6.08 Å². The summed E-state index contributed by atoms with van der Waals surface area (Å²) in [5.41, 5.74) is 0.648. The minimum absolute atomic E-state index is 0.0546. The zero-order valence-electron chi connectivity index (χ0n) is 21.5. The van der Waals surface area contributed by atoms with Crippen LogP contribution >= 0.6 is 0 Å². The van der Waals surface area contributed by atoms with Crippen molar-refractivity contribution in [1.29, 1.82) is 0 Å². The lowest BCUT2D eigenvalue weighted by Gasteiger charge is -2.53. The number of hydroxylamine groups is 2. The molecule has 0 spiro atoms. The van der Waals surface area contributed by atoms with Crippen LogP contribution in [-0.4, -0.2) is 82.6 Å². The number of carbonyl (C=O) groups excluding carboxylic acids is 3. The number of nitrogens with zero attached hydrogens (tertiary/aromatic N) is 4. The maximum atomic E-state index is 13.6.